The molecule has 4 unspecified atom stereocenters. The second-order valence-corrected chi connectivity index (χ2v) is 9.37. The molecule has 164 valence electrons. The lowest BCUT2D eigenvalue weighted by Crippen LogP contribution is -2.48. The number of ether oxygens (including phenoxy) is 1. The first kappa shape index (κ1) is 20.7. The summed E-state index contributed by atoms with van der Waals surface area (Å²) in [5.41, 5.74) is 4.19. The highest BCUT2D eigenvalue weighted by Gasteiger charge is 2.60. The van der Waals surface area contributed by atoms with Crippen molar-refractivity contribution in [2.24, 2.45) is 41.4 Å². The zero-order valence-corrected chi connectivity index (χ0v) is 17.5. The lowest BCUT2D eigenvalue weighted by Gasteiger charge is -2.36. The molecule has 2 saturated carbocycles. The zero-order valence-electron chi connectivity index (χ0n) is 17.5. The predicted molar refractivity (Wildman–Crippen MR) is 104 cm³/mol. The van der Waals surface area contributed by atoms with Gasteiger partial charge < -0.3 is 9.57 Å². The highest BCUT2D eigenvalue weighted by Crippen LogP contribution is 2.52. The first-order chi connectivity index (χ1) is 14.3. The molecule has 2 bridgehead atoms. The second kappa shape index (κ2) is 7.92. The molecule has 0 aromatic heterocycles. The fraction of sp³-hybridized carbons (Fsp3) is 0.714. The number of hydroxylamine groups is 2. The van der Waals surface area contributed by atoms with E-state index in [1.165, 1.54) is 0 Å². The molecule has 1 heterocycles. The molecule has 7 atom stereocenters. The van der Waals surface area contributed by atoms with E-state index in [0.717, 1.165) is 25.7 Å². The molecule has 0 aromatic rings. The van der Waals surface area contributed by atoms with Crippen molar-refractivity contribution >= 4 is 24.0 Å². The Morgan fingerprint density at radius 2 is 1.60 bits per heavy atom. The van der Waals surface area contributed by atoms with E-state index in [4.69, 9.17) is 9.57 Å². The van der Waals surface area contributed by atoms with Crippen LogP contribution in [0.4, 0.5) is 9.59 Å². The third-order valence-electron chi connectivity index (χ3n) is 7.09. The van der Waals surface area contributed by atoms with E-state index >= 15 is 0 Å². The molecule has 9 nitrogen and oxygen atoms in total. The molecule has 3 aliphatic carbocycles. The number of nitrogens with one attached hydrogen (secondary N) is 2. The van der Waals surface area contributed by atoms with Crippen LogP contribution < -0.4 is 10.9 Å². The van der Waals surface area contributed by atoms with Crippen LogP contribution in [0.15, 0.2) is 12.2 Å². The van der Waals surface area contributed by atoms with Gasteiger partial charge in [-0.1, -0.05) is 39.3 Å². The summed E-state index contributed by atoms with van der Waals surface area (Å²) < 4.78 is 5.52. The Hall–Kier alpha value is -2.58. The van der Waals surface area contributed by atoms with Gasteiger partial charge in [-0.3, -0.25) is 9.59 Å². The van der Waals surface area contributed by atoms with Crippen molar-refractivity contribution in [3.05, 3.63) is 12.2 Å². The molecule has 0 radical (unpaired) electrons. The van der Waals surface area contributed by atoms with Crippen molar-refractivity contribution in [3.8, 4) is 0 Å². The summed E-state index contributed by atoms with van der Waals surface area (Å²) in [6.45, 7) is 6.33. The molecule has 9 heteroatoms. The summed E-state index contributed by atoms with van der Waals surface area (Å²) >= 11 is 0. The van der Waals surface area contributed by atoms with Gasteiger partial charge in [0.25, 0.3) is 11.8 Å². The van der Waals surface area contributed by atoms with Gasteiger partial charge in [0.2, 0.25) is 0 Å². The Morgan fingerprint density at radius 3 is 2.20 bits per heavy atom. The van der Waals surface area contributed by atoms with E-state index in [1.54, 1.807) is 0 Å². The summed E-state index contributed by atoms with van der Waals surface area (Å²) in [4.78, 5) is 54.1. The number of carbonyl (C=O) groups excluding carboxylic acids is 4. The van der Waals surface area contributed by atoms with Crippen molar-refractivity contribution < 1.29 is 28.8 Å². The molecular formula is C21H29N3O6. The summed E-state index contributed by atoms with van der Waals surface area (Å²) in [6.07, 6.45) is 5.42. The van der Waals surface area contributed by atoms with Crippen LogP contribution in [-0.4, -0.2) is 35.2 Å². The van der Waals surface area contributed by atoms with E-state index in [1.807, 2.05) is 12.2 Å². The summed E-state index contributed by atoms with van der Waals surface area (Å²) in [5.74, 6) is -0.773. The fourth-order valence-electron chi connectivity index (χ4n) is 5.59. The number of rotatable bonds is 3. The van der Waals surface area contributed by atoms with Gasteiger partial charge in [-0.25, -0.2) is 20.4 Å². The third-order valence-corrected chi connectivity index (χ3v) is 7.09. The summed E-state index contributed by atoms with van der Waals surface area (Å²) in [7, 11) is 0. The lowest BCUT2D eigenvalue weighted by molar-refractivity contribution is -0.174. The average molecular weight is 419 g/mol. The molecule has 4 aliphatic rings. The van der Waals surface area contributed by atoms with Crippen molar-refractivity contribution in [1.82, 2.24) is 15.9 Å². The number of fused-ring (bicyclic) bond motifs is 5. The van der Waals surface area contributed by atoms with Crippen molar-refractivity contribution in [3.63, 3.8) is 0 Å². The molecule has 2 N–H and O–H groups in total. The maximum Gasteiger partial charge on any atom is 0.451 e. The van der Waals surface area contributed by atoms with E-state index < -0.39 is 35.8 Å². The molecule has 30 heavy (non-hydrogen) atoms. The number of hydrogen-bond donors (Lipinski definition) is 2. The molecule has 3 fully saturated rings. The van der Waals surface area contributed by atoms with Gasteiger partial charge in [-0.15, -0.1) is 5.06 Å². The number of amides is 4. The maximum absolute atomic E-state index is 12.5. The van der Waals surface area contributed by atoms with Gasteiger partial charge in [0.1, 0.15) is 6.10 Å². The third kappa shape index (κ3) is 3.65. The number of allylic oxidation sites excluding steroid dienone is 2. The van der Waals surface area contributed by atoms with Crippen LogP contribution in [0.25, 0.3) is 0 Å². The lowest BCUT2D eigenvalue weighted by atomic mass is 9.75. The monoisotopic (exact) mass is 419 g/mol. The van der Waals surface area contributed by atoms with Crippen LogP contribution in [0.3, 0.4) is 0 Å². The normalized spacial score (nSPS) is 36.8. The van der Waals surface area contributed by atoms with Crippen LogP contribution in [0.2, 0.25) is 0 Å². The number of carbonyl (C=O) groups is 4. The number of hydrazine groups is 1. The van der Waals surface area contributed by atoms with Crippen LogP contribution in [-0.2, 0) is 19.2 Å². The summed E-state index contributed by atoms with van der Waals surface area (Å²) in [6, 6.07) is 0. The molecule has 4 amide bonds. The predicted octanol–water partition coefficient (Wildman–Crippen LogP) is 2.54. The van der Waals surface area contributed by atoms with Gasteiger partial charge in [-0.05, 0) is 48.9 Å². The fourth-order valence-corrected chi connectivity index (χ4v) is 5.59. The summed E-state index contributed by atoms with van der Waals surface area (Å²) in [5, 5.41) is 0.529. The molecule has 1 saturated heterocycles. The number of nitrogens with zero attached hydrogens (tertiary/aromatic N) is 1. The molecular weight excluding hydrogens is 390 g/mol. The Kier molecular flexibility index (Phi) is 5.46. The van der Waals surface area contributed by atoms with E-state index in [0.29, 0.717) is 16.9 Å². The van der Waals surface area contributed by atoms with Crippen LogP contribution in [0, 0.1) is 41.4 Å². The zero-order chi connectivity index (χ0) is 21.6. The topological polar surface area (TPSA) is 114 Å². The molecule has 1 aliphatic heterocycles. The minimum atomic E-state index is -1.12. The van der Waals surface area contributed by atoms with Gasteiger partial charge in [0, 0.05) is 0 Å². The minimum Gasteiger partial charge on any atom is -0.445 e. The Balaban J connectivity index is 1.26. The van der Waals surface area contributed by atoms with Gasteiger partial charge in [0.05, 0.1) is 11.8 Å². The Morgan fingerprint density at radius 1 is 1.00 bits per heavy atom. The first-order valence-electron chi connectivity index (χ1n) is 10.8. The van der Waals surface area contributed by atoms with Gasteiger partial charge in [-0.2, -0.15) is 0 Å². The van der Waals surface area contributed by atoms with Crippen molar-refractivity contribution in [1.29, 1.82) is 0 Å². The first-order valence-corrected chi connectivity index (χ1v) is 10.8. The highest BCUT2D eigenvalue weighted by atomic mass is 16.7. The number of hydrogen-bond acceptors (Lipinski definition) is 6. The van der Waals surface area contributed by atoms with Crippen LogP contribution in [0.1, 0.15) is 46.5 Å². The van der Waals surface area contributed by atoms with E-state index in [-0.39, 0.29) is 23.9 Å². The Labute approximate surface area is 175 Å². The maximum atomic E-state index is 12.5. The van der Waals surface area contributed by atoms with E-state index in [9.17, 15) is 19.2 Å². The van der Waals surface area contributed by atoms with Gasteiger partial charge in [0.15, 0.2) is 0 Å². The minimum absolute atomic E-state index is 0.0213. The van der Waals surface area contributed by atoms with Gasteiger partial charge >= 0.3 is 12.2 Å². The SMILES string of the molecule is CC(C)[C@@H]1CC[C@@H](C)C[C@H]1OC(=O)NNC(=O)ON1C(=O)C2C3C=CC(C3)C2C1=O. The largest absolute Gasteiger partial charge is 0.451 e. The van der Waals surface area contributed by atoms with Crippen molar-refractivity contribution in [2.75, 3.05) is 0 Å². The van der Waals surface area contributed by atoms with Crippen molar-refractivity contribution in [2.45, 2.75) is 52.6 Å². The average Bonchev–Trinajstić information content (AvgIpc) is 3.36. The highest BCUT2D eigenvalue weighted by molar-refractivity contribution is 6.06. The Bertz CT molecular complexity index is 751. The number of imide groups is 1. The quantitative estimate of drug-likeness (QED) is 0.413. The second-order valence-electron chi connectivity index (χ2n) is 9.37. The van der Waals surface area contributed by atoms with Crippen LogP contribution in [0.5, 0.6) is 0 Å². The standard InChI is InChI=1S/C21H29N3O6/c1-10(2)14-7-4-11(3)8-15(14)29-20(27)22-23-21(28)30-24-18(25)16-12-5-6-13(9-12)17(16)19(24)26/h5-6,10-17H,4,7-9H2,1-3H3,(H,22,27)(H,23,28)/t11-,12?,13?,14+,15-,16?,17?/m1/s1. The molecule has 4 rings (SSSR count). The molecule has 0 spiro atoms. The molecule has 0 aromatic carbocycles. The smallest absolute Gasteiger partial charge is 0.445 e. The van der Waals surface area contributed by atoms with E-state index in [2.05, 4.69) is 31.6 Å². The van der Waals surface area contributed by atoms with Crippen LogP contribution >= 0.6 is 0 Å².